The van der Waals surface area contributed by atoms with E-state index in [4.69, 9.17) is 15.2 Å². The predicted octanol–water partition coefficient (Wildman–Crippen LogP) is -0.215. The SMILES string of the molecule is Nc1nc2c(ncn2[C@@H]2O[C@H](CO)[C@@H](COCc3ccccc3)[C@H]2O)c(=O)[nH]1. The molecular formula is C18H21N5O5. The molecule has 1 fully saturated rings. The third-order valence-electron chi connectivity index (χ3n) is 4.85. The minimum atomic E-state index is -0.993. The van der Waals surface area contributed by atoms with Gasteiger partial charge in [-0.3, -0.25) is 14.3 Å². The molecule has 28 heavy (non-hydrogen) atoms. The Morgan fingerprint density at radius 1 is 1.32 bits per heavy atom. The summed E-state index contributed by atoms with van der Waals surface area (Å²) in [6, 6.07) is 9.65. The van der Waals surface area contributed by atoms with Crippen molar-refractivity contribution in [1.82, 2.24) is 19.5 Å². The third kappa shape index (κ3) is 3.38. The number of H-pyrrole nitrogens is 1. The summed E-state index contributed by atoms with van der Waals surface area (Å²) in [5.41, 5.74) is 6.44. The van der Waals surface area contributed by atoms with Crippen LogP contribution in [0, 0.1) is 5.92 Å². The lowest BCUT2D eigenvalue weighted by Crippen LogP contribution is -2.32. The van der Waals surface area contributed by atoms with Crippen LogP contribution >= 0.6 is 0 Å². The number of hydrogen-bond donors (Lipinski definition) is 4. The standard InChI is InChI=1S/C18H21N5O5/c19-18-21-15-13(16(26)22-18)20-9-23(15)17-14(25)11(12(6-24)28-17)8-27-7-10-4-2-1-3-5-10/h1-5,9,11-12,14,17,24-25H,6-8H2,(H3,19,21,22,26)/t11-,12-,14-,17-/m1/s1. The molecule has 1 aromatic carbocycles. The Morgan fingerprint density at radius 3 is 2.86 bits per heavy atom. The number of aromatic amines is 1. The second kappa shape index (κ2) is 7.68. The van der Waals surface area contributed by atoms with Gasteiger partial charge in [0, 0.05) is 5.92 Å². The summed E-state index contributed by atoms with van der Waals surface area (Å²) in [5, 5.41) is 20.5. The molecule has 4 atom stereocenters. The van der Waals surface area contributed by atoms with Crippen LogP contribution in [0.25, 0.3) is 11.2 Å². The van der Waals surface area contributed by atoms with Gasteiger partial charge in [0.05, 0.1) is 32.3 Å². The highest BCUT2D eigenvalue weighted by Crippen LogP contribution is 2.35. The first-order chi connectivity index (χ1) is 13.6. The number of nitrogens with zero attached hydrogens (tertiary/aromatic N) is 3. The monoisotopic (exact) mass is 387 g/mol. The molecule has 10 heteroatoms. The van der Waals surface area contributed by atoms with Gasteiger partial charge < -0.3 is 25.4 Å². The molecule has 0 saturated carbocycles. The van der Waals surface area contributed by atoms with Gasteiger partial charge in [-0.05, 0) is 5.56 Å². The van der Waals surface area contributed by atoms with E-state index in [1.165, 1.54) is 10.9 Å². The number of benzene rings is 1. The quantitative estimate of drug-likeness (QED) is 0.454. The number of rotatable bonds is 6. The summed E-state index contributed by atoms with van der Waals surface area (Å²) in [6.45, 7) is 0.296. The van der Waals surface area contributed by atoms with Crippen LogP contribution in [-0.4, -0.2) is 55.2 Å². The van der Waals surface area contributed by atoms with Gasteiger partial charge in [-0.15, -0.1) is 0 Å². The molecule has 2 aromatic heterocycles. The first-order valence-corrected chi connectivity index (χ1v) is 8.87. The molecule has 4 rings (SSSR count). The van der Waals surface area contributed by atoms with Gasteiger partial charge in [-0.1, -0.05) is 30.3 Å². The number of aliphatic hydroxyl groups is 2. The molecular weight excluding hydrogens is 366 g/mol. The fourth-order valence-corrected chi connectivity index (χ4v) is 3.42. The Hall–Kier alpha value is -2.79. The van der Waals surface area contributed by atoms with Crippen molar-refractivity contribution in [2.75, 3.05) is 18.9 Å². The fourth-order valence-electron chi connectivity index (χ4n) is 3.42. The summed E-state index contributed by atoms with van der Waals surface area (Å²) < 4.78 is 13.0. The molecule has 0 unspecified atom stereocenters. The summed E-state index contributed by atoms with van der Waals surface area (Å²) in [5.74, 6) is -0.524. The number of imidazole rings is 1. The average molecular weight is 387 g/mol. The lowest BCUT2D eigenvalue weighted by atomic mass is 9.99. The van der Waals surface area contributed by atoms with Crippen molar-refractivity contribution in [3.8, 4) is 0 Å². The number of nitrogens with two attached hydrogens (primary N) is 1. The van der Waals surface area contributed by atoms with Gasteiger partial charge >= 0.3 is 0 Å². The summed E-state index contributed by atoms with van der Waals surface area (Å²) in [7, 11) is 0. The highest BCUT2D eigenvalue weighted by Gasteiger charge is 2.45. The van der Waals surface area contributed by atoms with Crippen molar-refractivity contribution in [2.45, 2.75) is 25.0 Å². The number of aliphatic hydroxyl groups excluding tert-OH is 2. The molecule has 1 saturated heterocycles. The number of anilines is 1. The Balaban J connectivity index is 1.53. The van der Waals surface area contributed by atoms with Gasteiger partial charge in [-0.2, -0.15) is 4.98 Å². The van der Waals surface area contributed by atoms with Crippen molar-refractivity contribution in [3.63, 3.8) is 0 Å². The Labute approximate surface area is 159 Å². The van der Waals surface area contributed by atoms with E-state index < -0.39 is 29.9 Å². The van der Waals surface area contributed by atoms with Crippen LogP contribution in [0.5, 0.6) is 0 Å². The van der Waals surface area contributed by atoms with Gasteiger partial charge in [0.15, 0.2) is 17.4 Å². The first-order valence-electron chi connectivity index (χ1n) is 8.87. The van der Waals surface area contributed by atoms with Crippen LogP contribution in [0.1, 0.15) is 11.8 Å². The van der Waals surface area contributed by atoms with Crippen molar-refractivity contribution in [2.24, 2.45) is 5.92 Å². The van der Waals surface area contributed by atoms with Crippen molar-refractivity contribution in [3.05, 3.63) is 52.6 Å². The maximum absolute atomic E-state index is 12.0. The number of aromatic nitrogens is 4. The zero-order valence-electron chi connectivity index (χ0n) is 14.9. The largest absolute Gasteiger partial charge is 0.394 e. The maximum Gasteiger partial charge on any atom is 0.280 e. The second-order valence-corrected chi connectivity index (χ2v) is 6.68. The smallest absolute Gasteiger partial charge is 0.280 e. The molecule has 0 aliphatic carbocycles. The lowest BCUT2D eigenvalue weighted by Gasteiger charge is -2.19. The van der Waals surface area contributed by atoms with Gasteiger partial charge in [0.25, 0.3) is 5.56 Å². The molecule has 1 aliphatic rings. The first kappa shape index (κ1) is 18.6. The van der Waals surface area contributed by atoms with Crippen molar-refractivity contribution < 1.29 is 19.7 Å². The highest BCUT2D eigenvalue weighted by molar-refractivity contribution is 5.70. The Morgan fingerprint density at radius 2 is 2.11 bits per heavy atom. The molecule has 0 bridgehead atoms. The zero-order valence-corrected chi connectivity index (χ0v) is 14.9. The topological polar surface area (TPSA) is 149 Å². The van der Waals surface area contributed by atoms with E-state index >= 15 is 0 Å². The maximum atomic E-state index is 12.0. The summed E-state index contributed by atoms with van der Waals surface area (Å²) >= 11 is 0. The van der Waals surface area contributed by atoms with Gasteiger partial charge in [-0.25, -0.2) is 4.98 Å². The molecule has 148 valence electrons. The van der Waals surface area contributed by atoms with Crippen LogP contribution in [0.2, 0.25) is 0 Å². The lowest BCUT2D eigenvalue weighted by molar-refractivity contribution is -0.0502. The van der Waals surface area contributed by atoms with Crippen LogP contribution < -0.4 is 11.3 Å². The van der Waals surface area contributed by atoms with E-state index in [0.717, 1.165) is 5.56 Å². The molecule has 5 N–H and O–H groups in total. The number of ether oxygens (including phenoxy) is 2. The number of nitrogens with one attached hydrogen (secondary N) is 1. The molecule has 0 spiro atoms. The van der Waals surface area contributed by atoms with Gasteiger partial charge in [0.2, 0.25) is 5.95 Å². The second-order valence-electron chi connectivity index (χ2n) is 6.68. The summed E-state index contributed by atoms with van der Waals surface area (Å²) in [6.07, 6.45) is -1.14. The van der Waals surface area contributed by atoms with E-state index in [-0.39, 0.29) is 30.3 Å². The predicted molar refractivity (Wildman–Crippen MR) is 99.2 cm³/mol. The van der Waals surface area contributed by atoms with Crippen LogP contribution in [0.15, 0.2) is 41.5 Å². The normalized spacial score (nSPS) is 24.8. The van der Waals surface area contributed by atoms with Gasteiger partial charge in [0.1, 0.15) is 6.10 Å². The third-order valence-corrected chi connectivity index (χ3v) is 4.85. The van der Waals surface area contributed by atoms with E-state index in [1.54, 1.807) is 0 Å². The average Bonchev–Trinajstić information content (AvgIpc) is 3.24. The number of nitrogen functional groups attached to an aromatic ring is 1. The molecule has 1 aliphatic heterocycles. The molecule has 3 aromatic rings. The van der Waals surface area contributed by atoms with Crippen molar-refractivity contribution >= 4 is 17.1 Å². The minimum Gasteiger partial charge on any atom is -0.394 e. The Bertz CT molecular complexity index is 1000. The molecule has 0 radical (unpaired) electrons. The van der Waals surface area contributed by atoms with Crippen molar-refractivity contribution in [1.29, 1.82) is 0 Å². The highest BCUT2D eigenvalue weighted by atomic mass is 16.5. The number of fused-ring (bicyclic) bond motifs is 1. The minimum absolute atomic E-state index is 0.0619. The van der Waals surface area contributed by atoms with E-state index in [1.807, 2.05) is 30.3 Å². The Kier molecular flexibility index (Phi) is 5.09. The summed E-state index contributed by atoms with van der Waals surface area (Å²) in [4.78, 5) is 22.5. The zero-order chi connectivity index (χ0) is 19.7. The molecule has 3 heterocycles. The van der Waals surface area contributed by atoms with Crippen LogP contribution in [0.3, 0.4) is 0 Å². The molecule has 0 amide bonds. The molecule has 10 nitrogen and oxygen atoms in total. The van der Waals surface area contributed by atoms with E-state index in [9.17, 15) is 15.0 Å². The van der Waals surface area contributed by atoms with Crippen LogP contribution in [-0.2, 0) is 16.1 Å². The van der Waals surface area contributed by atoms with Crippen LogP contribution in [0.4, 0.5) is 5.95 Å². The fraction of sp³-hybridized carbons (Fsp3) is 0.389. The van der Waals surface area contributed by atoms with E-state index in [2.05, 4.69) is 15.0 Å². The van der Waals surface area contributed by atoms with E-state index in [0.29, 0.717) is 6.61 Å². The number of hydrogen-bond acceptors (Lipinski definition) is 8.